The van der Waals surface area contributed by atoms with Crippen molar-refractivity contribution in [2.75, 3.05) is 5.32 Å². The van der Waals surface area contributed by atoms with E-state index in [2.05, 4.69) is 10.4 Å². The Balaban J connectivity index is 2.12. The van der Waals surface area contributed by atoms with E-state index < -0.39 is 29.2 Å². The lowest BCUT2D eigenvalue weighted by atomic mass is 10.3. The first-order valence-electron chi connectivity index (χ1n) is 6.43. The first-order chi connectivity index (χ1) is 11.1. The zero-order valence-corrected chi connectivity index (χ0v) is 12.9. The summed E-state index contributed by atoms with van der Waals surface area (Å²) in [6.45, 7) is 0.920. The fourth-order valence-electron chi connectivity index (χ4n) is 1.85. The second kappa shape index (κ2) is 6.48. The number of aryl methyl sites for hydroxylation is 1. The summed E-state index contributed by atoms with van der Waals surface area (Å²) in [4.78, 5) is 21.9. The molecule has 2 aromatic rings. The zero-order chi connectivity index (χ0) is 18.1. The average molecular weight is 363 g/mol. The van der Waals surface area contributed by atoms with Gasteiger partial charge in [-0.1, -0.05) is 11.6 Å². The molecule has 0 aliphatic rings. The van der Waals surface area contributed by atoms with Crippen molar-refractivity contribution >= 4 is 28.9 Å². The van der Waals surface area contributed by atoms with E-state index in [0.717, 1.165) is 22.9 Å². The summed E-state index contributed by atoms with van der Waals surface area (Å²) in [5.74, 6) is -0.675. The van der Waals surface area contributed by atoms with Gasteiger partial charge < -0.3 is 5.32 Å². The molecule has 1 heterocycles. The predicted octanol–water partition coefficient (Wildman–Crippen LogP) is 3.41. The quantitative estimate of drug-likeness (QED) is 0.666. The van der Waals surface area contributed by atoms with Crippen LogP contribution >= 0.6 is 11.6 Å². The number of nitrogens with one attached hydrogen (secondary N) is 1. The molecule has 0 saturated heterocycles. The van der Waals surface area contributed by atoms with Crippen LogP contribution in [0, 0.1) is 17.0 Å². The number of carbonyl (C=O) groups excluding carboxylic acids is 1. The smallest absolute Gasteiger partial charge is 0.323 e. The van der Waals surface area contributed by atoms with Crippen LogP contribution in [0.5, 0.6) is 0 Å². The number of anilines is 1. The van der Waals surface area contributed by atoms with Crippen molar-refractivity contribution in [1.82, 2.24) is 9.78 Å². The number of benzene rings is 1. The lowest BCUT2D eigenvalue weighted by molar-refractivity contribution is -0.384. The summed E-state index contributed by atoms with van der Waals surface area (Å²) in [6.07, 6.45) is -4.60. The topological polar surface area (TPSA) is 90.1 Å². The lowest BCUT2D eigenvalue weighted by Crippen LogP contribution is -2.21. The highest BCUT2D eigenvalue weighted by Crippen LogP contribution is 2.29. The molecule has 0 spiro atoms. The lowest BCUT2D eigenvalue weighted by Gasteiger charge is -2.08. The van der Waals surface area contributed by atoms with E-state index in [1.165, 1.54) is 13.0 Å². The van der Waals surface area contributed by atoms with Gasteiger partial charge in [-0.05, 0) is 19.1 Å². The van der Waals surface area contributed by atoms with E-state index >= 15 is 0 Å². The molecule has 11 heteroatoms. The Bertz CT molecular complexity index is 804. The number of alkyl halides is 3. The summed E-state index contributed by atoms with van der Waals surface area (Å²) in [5.41, 5.74) is -1.09. The summed E-state index contributed by atoms with van der Waals surface area (Å²) >= 11 is 5.83. The van der Waals surface area contributed by atoms with Crippen LogP contribution in [0.25, 0.3) is 0 Å². The number of aromatic nitrogens is 2. The van der Waals surface area contributed by atoms with E-state index in [4.69, 9.17) is 11.6 Å². The molecule has 2 rings (SSSR count). The van der Waals surface area contributed by atoms with Crippen molar-refractivity contribution in [2.45, 2.75) is 19.6 Å². The average Bonchev–Trinajstić information content (AvgIpc) is 2.82. The Kier molecular flexibility index (Phi) is 4.78. The monoisotopic (exact) mass is 362 g/mol. The molecular weight excluding hydrogens is 353 g/mol. The van der Waals surface area contributed by atoms with Crippen molar-refractivity contribution in [3.63, 3.8) is 0 Å². The van der Waals surface area contributed by atoms with Crippen LogP contribution < -0.4 is 5.32 Å². The van der Waals surface area contributed by atoms with Gasteiger partial charge in [0.05, 0.1) is 15.6 Å². The third-order valence-corrected chi connectivity index (χ3v) is 3.32. The molecule has 7 nitrogen and oxygen atoms in total. The van der Waals surface area contributed by atoms with Crippen LogP contribution in [-0.2, 0) is 17.5 Å². The fraction of sp³-hybridized carbons (Fsp3) is 0.231. The molecule has 0 unspecified atom stereocenters. The van der Waals surface area contributed by atoms with Gasteiger partial charge in [0.25, 0.3) is 5.69 Å². The molecule has 0 saturated carbocycles. The van der Waals surface area contributed by atoms with Crippen LogP contribution in [0.1, 0.15) is 11.4 Å². The third-order valence-electron chi connectivity index (χ3n) is 3.00. The molecule has 0 atom stereocenters. The number of rotatable bonds is 4. The van der Waals surface area contributed by atoms with Crippen molar-refractivity contribution < 1.29 is 22.9 Å². The number of nitro groups is 1. The Morgan fingerprint density at radius 1 is 1.42 bits per heavy atom. The highest BCUT2D eigenvalue weighted by Gasteiger charge is 2.34. The Morgan fingerprint density at radius 2 is 2.08 bits per heavy atom. The molecule has 1 aromatic heterocycles. The molecule has 0 fully saturated rings. The third kappa shape index (κ3) is 4.02. The van der Waals surface area contributed by atoms with Gasteiger partial charge in [-0.2, -0.15) is 18.3 Å². The molecule has 1 aromatic carbocycles. The fourth-order valence-corrected chi connectivity index (χ4v) is 2.08. The van der Waals surface area contributed by atoms with Gasteiger partial charge in [-0.3, -0.25) is 19.6 Å². The van der Waals surface area contributed by atoms with Gasteiger partial charge in [0, 0.05) is 17.8 Å². The molecule has 0 aliphatic carbocycles. The van der Waals surface area contributed by atoms with Crippen molar-refractivity contribution in [1.29, 1.82) is 0 Å². The van der Waals surface area contributed by atoms with Crippen LogP contribution in [0.15, 0.2) is 24.3 Å². The molecule has 24 heavy (non-hydrogen) atoms. The molecule has 0 radical (unpaired) electrons. The molecular formula is C13H10ClF3N4O3. The second-order valence-electron chi connectivity index (χ2n) is 4.80. The van der Waals surface area contributed by atoms with Crippen LogP contribution in [0.2, 0.25) is 5.02 Å². The molecule has 128 valence electrons. The number of nitrogens with zero attached hydrogens (tertiary/aromatic N) is 3. The summed E-state index contributed by atoms with van der Waals surface area (Å²) in [7, 11) is 0. The van der Waals surface area contributed by atoms with Crippen LogP contribution in [0.4, 0.5) is 24.5 Å². The summed E-state index contributed by atoms with van der Waals surface area (Å²) in [5, 5.41) is 16.2. The standard InChI is InChI=1S/C13H10ClF3N4O3/c1-7-4-11(13(15,16)17)19-20(7)6-12(22)18-10-3-2-8(21(23)24)5-9(10)14/h2-5H,6H2,1H3,(H,18,22). The van der Waals surface area contributed by atoms with E-state index in [0.29, 0.717) is 0 Å². The maximum absolute atomic E-state index is 12.6. The van der Waals surface area contributed by atoms with Gasteiger partial charge in [0.15, 0.2) is 5.69 Å². The minimum Gasteiger partial charge on any atom is -0.323 e. The number of amides is 1. The van der Waals surface area contributed by atoms with Crippen LogP contribution in [-0.4, -0.2) is 20.6 Å². The van der Waals surface area contributed by atoms with Gasteiger partial charge in [-0.15, -0.1) is 0 Å². The molecule has 1 N–H and O–H groups in total. The summed E-state index contributed by atoms with van der Waals surface area (Å²) in [6, 6.07) is 4.25. The maximum Gasteiger partial charge on any atom is 0.435 e. The normalized spacial score (nSPS) is 11.4. The summed E-state index contributed by atoms with van der Waals surface area (Å²) < 4.78 is 38.6. The minimum atomic E-state index is -4.60. The highest BCUT2D eigenvalue weighted by atomic mass is 35.5. The van der Waals surface area contributed by atoms with Crippen molar-refractivity contribution in [3.8, 4) is 0 Å². The molecule has 0 bridgehead atoms. The first-order valence-corrected chi connectivity index (χ1v) is 6.81. The van der Waals surface area contributed by atoms with Gasteiger partial charge in [-0.25, -0.2) is 0 Å². The largest absolute Gasteiger partial charge is 0.435 e. The Morgan fingerprint density at radius 3 is 2.58 bits per heavy atom. The number of hydrogen-bond acceptors (Lipinski definition) is 4. The Hall–Kier alpha value is -2.62. The SMILES string of the molecule is Cc1cc(C(F)(F)F)nn1CC(=O)Nc1ccc([N+](=O)[O-])cc1Cl. The predicted molar refractivity (Wildman–Crippen MR) is 78.7 cm³/mol. The van der Waals surface area contributed by atoms with Gasteiger partial charge >= 0.3 is 6.18 Å². The van der Waals surface area contributed by atoms with Gasteiger partial charge in [0.2, 0.25) is 5.91 Å². The van der Waals surface area contributed by atoms with E-state index in [-0.39, 0.29) is 22.1 Å². The Labute approximate surface area is 138 Å². The first kappa shape index (κ1) is 17.7. The van der Waals surface area contributed by atoms with E-state index in [9.17, 15) is 28.1 Å². The number of carbonyl (C=O) groups is 1. The molecule has 0 aliphatic heterocycles. The van der Waals surface area contributed by atoms with Crippen molar-refractivity contribution in [3.05, 3.63) is 50.8 Å². The molecule has 1 amide bonds. The van der Waals surface area contributed by atoms with E-state index in [1.807, 2.05) is 0 Å². The van der Waals surface area contributed by atoms with E-state index in [1.54, 1.807) is 0 Å². The number of nitro benzene ring substituents is 1. The number of halogens is 4. The second-order valence-corrected chi connectivity index (χ2v) is 5.20. The maximum atomic E-state index is 12.6. The minimum absolute atomic E-state index is 0.0642. The highest BCUT2D eigenvalue weighted by molar-refractivity contribution is 6.33. The number of non-ortho nitro benzene ring substituents is 1. The van der Waals surface area contributed by atoms with Gasteiger partial charge in [0.1, 0.15) is 6.54 Å². The van der Waals surface area contributed by atoms with Crippen LogP contribution in [0.3, 0.4) is 0 Å². The number of hydrogen-bond donors (Lipinski definition) is 1. The zero-order valence-electron chi connectivity index (χ0n) is 12.1. The van der Waals surface area contributed by atoms with Crippen molar-refractivity contribution in [2.24, 2.45) is 0 Å².